The predicted molar refractivity (Wildman–Crippen MR) is 131 cm³/mol. The number of hydrogen-bond acceptors (Lipinski definition) is 6. The van der Waals surface area contributed by atoms with E-state index in [0.29, 0.717) is 35.6 Å². The number of rotatable bonds is 6. The molecule has 1 aliphatic carbocycles. The Morgan fingerprint density at radius 2 is 1.97 bits per heavy atom. The molecule has 7 heteroatoms. The third-order valence-electron chi connectivity index (χ3n) is 5.46. The van der Waals surface area contributed by atoms with Crippen molar-refractivity contribution < 1.29 is 9.18 Å². The normalized spacial score (nSPS) is 12.7. The second-order valence-corrected chi connectivity index (χ2v) is 7.94. The van der Waals surface area contributed by atoms with Crippen LogP contribution in [0.25, 0.3) is 22.2 Å². The number of hydrogen-bond donors (Lipinski definition) is 3. The molecule has 0 amide bonds. The summed E-state index contributed by atoms with van der Waals surface area (Å²) in [6.07, 6.45) is 5.05. The number of anilines is 2. The first-order valence-electron chi connectivity index (χ1n) is 10.8. The highest BCUT2D eigenvalue weighted by Crippen LogP contribution is 2.25. The summed E-state index contributed by atoms with van der Waals surface area (Å²) in [5.41, 5.74) is 9.69. The molecule has 0 bridgehead atoms. The summed E-state index contributed by atoms with van der Waals surface area (Å²) in [4.78, 5) is 19.6. The number of fused-ring (bicyclic) bond motifs is 1. The molecule has 1 aliphatic rings. The Kier molecular flexibility index (Phi) is 6.90. The highest BCUT2D eigenvalue weighted by atomic mass is 19.1. The van der Waals surface area contributed by atoms with E-state index >= 15 is 0 Å². The number of benzene rings is 2. The van der Waals surface area contributed by atoms with Crippen LogP contribution in [0.5, 0.6) is 0 Å². The second-order valence-electron chi connectivity index (χ2n) is 7.94. The average molecular weight is 444 g/mol. The molecule has 6 nitrogen and oxygen atoms in total. The van der Waals surface area contributed by atoms with E-state index in [0.717, 1.165) is 22.5 Å². The van der Waals surface area contributed by atoms with E-state index < -0.39 is 5.82 Å². The summed E-state index contributed by atoms with van der Waals surface area (Å²) in [6.45, 7) is 0.532. The largest absolute Gasteiger partial charge is 0.396 e. The van der Waals surface area contributed by atoms with Gasteiger partial charge in [-0.15, -0.1) is 0 Å². The monoisotopic (exact) mass is 443 g/mol. The maximum Gasteiger partial charge on any atom is 0.152 e. The molecular weight excluding hydrogens is 417 g/mol. The quantitative estimate of drug-likeness (QED) is 0.370. The first kappa shape index (κ1) is 22.4. The van der Waals surface area contributed by atoms with E-state index in [-0.39, 0.29) is 5.56 Å². The summed E-state index contributed by atoms with van der Waals surface area (Å²) < 4.78 is 13.9. The fourth-order valence-corrected chi connectivity index (χ4v) is 3.35. The summed E-state index contributed by atoms with van der Waals surface area (Å²) in [5.74, 6) is -0.0611. The van der Waals surface area contributed by atoms with E-state index in [2.05, 4.69) is 26.7 Å². The van der Waals surface area contributed by atoms with Crippen LogP contribution in [0.1, 0.15) is 28.8 Å². The molecule has 4 aromatic rings. The predicted octanol–water partition coefficient (Wildman–Crippen LogP) is 4.81. The number of carbonyl (C=O) groups excluding carboxylic acids is 1. The highest BCUT2D eigenvalue weighted by Gasteiger charge is 2.17. The minimum absolute atomic E-state index is 0.0170. The molecule has 5 rings (SSSR count). The second kappa shape index (κ2) is 10.2. The number of nitrogens with two attached hydrogens (primary N) is 1. The number of halogens is 1. The third-order valence-corrected chi connectivity index (χ3v) is 5.46. The zero-order valence-corrected chi connectivity index (χ0v) is 18.4. The molecule has 33 heavy (non-hydrogen) atoms. The Morgan fingerprint density at radius 1 is 1.12 bits per heavy atom. The fourth-order valence-electron chi connectivity index (χ4n) is 3.35. The molecular formula is C26H26FN5O. The Balaban J connectivity index is 0.000000459. The average Bonchev–Trinajstić information content (AvgIpc) is 3.69. The van der Waals surface area contributed by atoms with E-state index in [1.165, 1.54) is 25.0 Å². The molecule has 2 aromatic carbocycles. The lowest BCUT2D eigenvalue weighted by Crippen LogP contribution is -2.06. The van der Waals surface area contributed by atoms with Gasteiger partial charge in [0.05, 0.1) is 22.5 Å². The summed E-state index contributed by atoms with van der Waals surface area (Å²) >= 11 is 0. The Bertz CT molecular complexity index is 1270. The zero-order valence-electron chi connectivity index (χ0n) is 18.4. The SMILES string of the molecule is CNC1CC1.Nc1ccc(-c2ccc(C=O)c(F)c2)nc1NCc1ccc2ncccc2c1. The van der Waals surface area contributed by atoms with Gasteiger partial charge in [-0.25, -0.2) is 9.37 Å². The van der Waals surface area contributed by atoms with Crippen LogP contribution in [0.2, 0.25) is 0 Å². The smallest absolute Gasteiger partial charge is 0.152 e. The van der Waals surface area contributed by atoms with Crippen molar-refractivity contribution in [3.05, 3.63) is 83.8 Å². The number of nitrogens with one attached hydrogen (secondary N) is 2. The molecule has 0 aliphatic heterocycles. The van der Waals surface area contributed by atoms with Gasteiger partial charge in [0.15, 0.2) is 6.29 Å². The van der Waals surface area contributed by atoms with E-state index in [1.807, 2.05) is 31.3 Å². The van der Waals surface area contributed by atoms with Crippen molar-refractivity contribution in [3.63, 3.8) is 0 Å². The van der Waals surface area contributed by atoms with Gasteiger partial charge in [0.25, 0.3) is 0 Å². The van der Waals surface area contributed by atoms with Gasteiger partial charge >= 0.3 is 0 Å². The van der Waals surface area contributed by atoms with Gasteiger partial charge < -0.3 is 16.4 Å². The van der Waals surface area contributed by atoms with Crippen molar-refractivity contribution in [2.75, 3.05) is 18.1 Å². The van der Waals surface area contributed by atoms with Crippen LogP contribution in [0.4, 0.5) is 15.9 Å². The number of aldehydes is 1. The van der Waals surface area contributed by atoms with E-state index in [1.54, 1.807) is 24.4 Å². The van der Waals surface area contributed by atoms with Gasteiger partial charge in [-0.2, -0.15) is 0 Å². The lowest BCUT2D eigenvalue weighted by Gasteiger charge is -2.11. The molecule has 0 saturated heterocycles. The van der Waals surface area contributed by atoms with Crippen LogP contribution in [-0.4, -0.2) is 29.3 Å². The van der Waals surface area contributed by atoms with Crippen LogP contribution < -0.4 is 16.4 Å². The molecule has 0 atom stereocenters. The van der Waals surface area contributed by atoms with Crippen molar-refractivity contribution in [2.24, 2.45) is 0 Å². The Labute approximate surface area is 192 Å². The molecule has 2 aromatic heterocycles. The number of nitrogen functional groups attached to an aromatic ring is 1. The van der Waals surface area contributed by atoms with Gasteiger partial charge in [-0.3, -0.25) is 9.78 Å². The van der Waals surface area contributed by atoms with Gasteiger partial charge in [-0.1, -0.05) is 18.2 Å². The molecule has 0 unspecified atom stereocenters. The summed E-state index contributed by atoms with van der Waals surface area (Å²) in [7, 11) is 2.01. The number of nitrogens with zero attached hydrogens (tertiary/aromatic N) is 2. The van der Waals surface area contributed by atoms with Crippen LogP contribution >= 0.6 is 0 Å². The molecule has 2 heterocycles. The van der Waals surface area contributed by atoms with Crippen molar-refractivity contribution in [3.8, 4) is 11.3 Å². The topological polar surface area (TPSA) is 92.9 Å². The third kappa shape index (κ3) is 5.70. The maximum absolute atomic E-state index is 13.9. The summed E-state index contributed by atoms with van der Waals surface area (Å²) in [6, 6.07) is 18.6. The standard InChI is InChI=1S/C22H17FN4O.C4H9N/c23-18-11-16(4-5-17(18)13-28)21-8-6-19(24)22(27-21)26-12-14-3-7-20-15(10-14)2-1-9-25-20;1-5-4-2-3-4/h1-11,13H,12,24H2,(H,26,27);4-5H,2-3H2,1H3. The van der Waals surface area contributed by atoms with Crippen molar-refractivity contribution in [2.45, 2.75) is 25.4 Å². The van der Waals surface area contributed by atoms with Gasteiger partial charge in [0.2, 0.25) is 0 Å². The number of carbonyl (C=O) groups is 1. The summed E-state index contributed by atoms with van der Waals surface area (Å²) in [5, 5.41) is 7.43. The zero-order chi connectivity index (χ0) is 23.2. The molecule has 1 fully saturated rings. The Morgan fingerprint density at radius 3 is 2.67 bits per heavy atom. The number of aromatic nitrogens is 2. The number of pyridine rings is 2. The first-order chi connectivity index (χ1) is 16.1. The molecule has 1 saturated carbocycles. The minimum atomic E-state index is -0.578. The molecule has 168 valence electrons. The van der Waals surface area contributed by atoms with Crippen LogP contribution in [0, 0.1) is 5.82 Å². The van der Waals surface area contributed by atoms with Gasteiger partial charge in [0.1, 0.15) is 11.6 Å². The lowest BCUT2D eigenvalue weighted by atomic mass is 10.1. The van der Waals surface area contributed by atoms with Crippen LogP contribution in [0.3, 0.4) is 0 Å². The molecule has 0 spiro atoms. The van der Waals surface area contributed by atoms with Crippen molar-refractivity contribution in [1.82, 2.24) is 15.3 Å². The van der Waals surface area contributed by atoms with Gasteiger partial charge in [0, 0.05) is 29.7 Å². The highest BCUT2D eigenvalue weighted by molar-refractivity contribution is 5.79. The fraction of sp³-hybridized carbons (Fsp3) is 0.192. The van der Waals surface area contributed by atoms with E-state index in [9.17, 15) is 9.18 Å². The maximum atomic E-state index is 13.9. The first-order valence-corrected chi connectivity index (χ1v) is 10.8. The van der Waals surface area contributed by atoms with Crippen LogP contribution in [-0.2, 0) is 6.54 Å². The molecule has 4 N–H and O–H groups in total. The Hall–Kier alpha value is -3.84. The van der Waals surface area contributed by atoms with Crippen LogP contribution in [0.15, 0.2) is 66.9 Å². The van der Waals surface area contributed by atoms with E-state index in [4.69, 9.17) is 5.73 Å². The lowest BCUT2D eigenvalue weighted by molar-refractivity contribution is 0.112. The van der Waals surface area contributed by atoms with Crippen molar-refractivity contribution in [1.29, 1.82) is 0 Å². The van der Waals surface area contributed by atoms with Crippen molar-refractivity contribution >= 4 is 28.7 Å². The minimum Gasteiger partial charge on any atom is -0.396 e. The molecule has 0 radical (unpaired) electrons. The van der Waals surface area contributed by atoms with Gasteiger partial charge in [-0.05, 0) is 67.9 Å².